The van der Waals surface area contributed by atoms with Crippen LogP contribution in [0.25, 0.3) is 0 Å². The van der Waals surface area contributed by atoms with Gasteiger partial charge in [0.05, 0.1) is 12.2 Å². The van der Waals surface area contributed by atoms with Crippen LogP contribution >= 0.6 is 0 Å². The fraction of sp³-hybridized carbons (Fsp3) is 0.524. The molecule has 3 rings (SSSR count). The van der Waals surface area contributed by atoms with E-state index in [-0.39, 0.29) is 29.4 Å². The summed E-state index contributed by atoms with van der Waals surface area (Å²) < 4.78 is 29.1. The Labute approximate surface area is 178 Å². The number of carbonyl (C=O) groups excluding carboxylic acids is 1. The van der Waals surface area contributed by atoms with E-state index in [1.165, 1.54) is 10.6 Å². The Kier molecular flexibility index (Phi) is 6.82. The van der Waals surface area contributed by atoms with Gasteiger partial charge in [-0.15, -0.1) is 0 Å². The first-order chi connectivity index (χ1) is 14.2. The Morgan fingerprint density at radius 3 is 2.57 bits per heavy atom. The number of nitrogens with one attached hydrogen (secondary N) is 1. The quantitative estimate of drug-likeness (QED) is 0.724. The number of piperidine rings is 1. The molecule has 30 heavy (non-hydrogen) atoms. The summed E-state index contributed by atoms with van der Waals surface area (Å²) in [6, 6.07) is 8.11. The third kappa shape index (κ3) is 5.02. The monoisotopic (exact) mass is 433 g/mol. The van der Waals surface area contributed by atoms with Gasteiger partial charge in [0.1, 0.15) is 0 Å². The van der Waals surface area contributed by atoms with Crippen LogP contribution in [0.15, 0.2) is 41.8 Å². The number of aromatic nitrogens is 2. The summed E-state index contributed by atoms with van der Waals surface area (Å²) in [5.41, 5.74) is 2.10. The molecule has 0 radical (unpaired) electrons. The van der Waals surface area contributed by atoms with Gasteiger partial charge in [0.25, 0.3) is 10.0 Å². The molecular weight excluding hydrogens is 402 g/mol. The zero-order chi connectivity index (χ0) is 21.9. The van der Waals surface area contributed by atoms with Gasteiger partial charge in [-0.1, -0.05) is 12.1 Å². The van der Waals surface area contributed by atoms with E-state index in [1.807, 2.05) is 57.1 Å². The highest BCUT2D eigenvalue weighted by Crippen LogP contribution is 2.24. The van der Waals surface area contributed by atoms with E-state index in [2.05, 4.69) is 10.3 Å². The van der Waals surface area contributed by atoms with Crippen molar-refractivity contribution in [3.63, 3.8) is 0 Å². The van der Waals surface area contributed by atoms with Gasteiger partial charge < -0.3 is 14.8 Å². The normalized spacial score (nSPS) is 17.8. The molecule has 0 saturated carbocycles. The number of carbonyl (C=O) groups is 1. The molecule has 0 unspecified atom stereocenters. The van der Waals surface area contributed by atoms with E-state index in [0.717, 1.165) is 11.3 Å². The lowest BCUT2D eigenvalue weighted by Gasteiger charge is -2.30. The van der Waals surface area contributed by atoms with Crippen molar-refractivity contribution >= 4 is 21.6 Å². The molecule has 164 valence electrons. The fourth-order valence-electron chi connectivity index (χ4n) is 3.49. The third-order valence-electron chi connectivity index (χ3n) is 5.45. The number of rotatable bonds is 7. The second-order valence-corrected chi connectivity index (χ2v) is 10.1. The van der Waals surface area contributed by atoms with Crippen LogP contribution in [0.4, 0.5) is 5.69 Å². The largest absolute Gasteiger partial charge is 0.378 e. The summed E-state index contributed by atoms with van der Waals surface area (Å²) >= 11 is 0. The zero-order valence-electron chi connectivity index (χ0n) is 18.1. The summed E-state index contributed by atoms with van der Waals surface area (Å²) in [5.74, 6) is -0.471. The molecular formula is C21H31N5O3S. The molecule has 1 atom stereocenters. The Morgan fingerprint density at radius 2 is 1.97 bits per heavy atom. The van der Waals surface area contributed by atoms with Crippen molar-refractivity contribution in [1.82, 2.24) is 19.2 Å². The lowest BCUT2D eigenvalue weighted by atomic mass is 9.99. The molecule has 1 fully saturated rings. The van der Waals surface area contributed by atoms with Crippen LogP contribution in [0.3, 0.4) is 0 Å². The van der Waals surface area contributed by atoms with Gasteiger partial charge >= 0.3 is 0 Å². The summed E-state index contributed by atoms with van der Waals surface area (Å²) in [4.78, 5) is 18.8. The summed E-state index contributed by atoms with van der Waals surface area (Å²) in [6.07, 6.45) is 4.42. The molecule has 9 heteroatoms. The van der Waals surface area contributed by atoms with Gasteiger partial charge in [0.15, 0.2) is 5.03 Å². The fourth-order valence-corrected chi connectivity index (χ4v) is 4.93. The van der Waals surface area contributed by atoms with Crippen LogP contribution in [0, 0.1) is 5.92 Å². The summed E-state index contributed by atoms with van der Waals surface area (Å²) in [7, 11) is 0.254. The van der Waals surface area contributed by atoms with E-state index >= 15 is 0 Å². The molecule has 1 aliphatic heterocycles. The number of hydrogen-bond donors (Lipinski definition) is 1. The minimum atomic E-state index is -3.70. The molecule has 1 saturated heterocycles. The second kappa shape index (κ2) is 9.18. The third-order valence-corrected chi connectivity index (χ3v) is 7.20. The Bertz CT molecular complexity index is 967. The maximum Gasteiger partial charge on any atom is 0.262 e. The maximum atomic E-state index is 13.0. The minimum absolute atomic E-state index is 0.0400. The highest BCUT2D eigenvalue weighted by Gasteiger charge is 2.34. The lowest BCUT2D eigenvalue weighted by molar-refractivity contribution is -0.126. The molecule has 0 bridgehead atoms. The van der Waals surface area contributed by atoms with E-state index in [0.29, 0.717) is 25.9 Å². The van der Waals surface area contributed by atoms with Crippen molar-refractivity contribution in [2.45, 2.75) is 44.3 Å². The van der Waals surface area contributed by atoms with E-state index in [4.69, 9.17) is 0 Å². The average Bonchev–Trinajstić information content (AvgIpc) is 3.24. The molecule has 1 aromatic heterocycles. The zero-order valence-corrected chi connectivity index (χ0v) is 18.9. The van der Waals surface area contributed by atoms with Gasteiger partial charge in [-0.2, -0.15) is 4.31 Å². The van der Waals surface area contributed by atoms with Crippen molar-refractivity contribution < 1.29 is 13.2 Å². The number of anilines is 1. The standard InChI is InChI=1S/C21H31N5O3S/c1-16(2)25-14-20(23-15-25)30(28,29)26-11-5-6-18(13-26)21(27)22-12-17-7-9-19(10-8-17)24(3)4/h7-10,14-16,18H,5-6,11-13H2,1-4H3,(H,22,27)/t18-/m0/s1. The van der Waals surface area contributed by atoms with Crippen molar-refractivity contribution in [2.24, 2.45) is 5.92 Å². The number of imidazole rings is 1. The van der Waals surface area contributed by atoms with Gasteiger partial charge in [-0.25, -0.2) is 13.4 Å². The van der Waals surface area contributed by atoms with Crippen LogP contribution in [0.1, 0.15) is 38.3 Å². The summed E-state index contributed by atoms with van der Waals surface area (Å²) in [6.45, 7) is 4.95. The topological polar surface area (TPSA) is 87.5 Å². The van der Waals surface area contributed by atoms with Crippen molar-refractivity contribution in [3.05, 3.63) is 42.4 Å². The van der Waals surface area contributed by atoms with Crippen LogP contribution in [-0.4, -0.2) is 55.4 Å². The Balaban J connectivity index is 1.61. The van der Waals surface area contributed by atoms with Crippen LogP contribution in [0.2, 0.25) is 0 Å². The van der Waals surface area contributed by atoms with Crippen molar-refractivity contribution in [1.29, 1.82) is 0 Å². The van der Waals surface area contributed by atoms with Crippen molar-refractivity contribution in [3.8, 4) is 0 Å². The van der Waals surface area contributed by atoms with Crippen LogP contribution in [0.5, 0.6) is 0 Å². The molecule has 2 aromatic rings. The molecule has 0 spiro atoms. The molecule has 8 nitrogen and oxygen atoms in total. The number of hydrogen-bond acceptors (Lipinski definition) is 5. The number of nitrogens with zero attached hydrogens (tertiary/aromatic N) is 4. The first-order valence-electron chi connectivity index (χ1n) is 10.3. The van der Waals surface area contributed by atoms with Crippen molar-refractivity contribution in [2.75, 3.05) is 32.1 Å². The molecule has 1 N–H and O–H groups in total. The maximum absolute atomic E-state index is 13.0. The Morgan fingerprint density at radius 1 is 1.27 bits per heavy atom. The predicted molar refractivity (Wildman–Crippen MR) is 117 cm³/mol. The second-order valence-electron chi connectivity index (χ2n) is 8.23. The molecule has 1 amide bonds. The first-order valence-corrected chi connectivity index (χ1v) is 11.7. The highest BCUT2D eigenvalue weighted by molar-refractivity contribution is 7.89. The molecule has 2 heterocycles. The summed E-state index contributed by atoms with van der Waals surface area (Å²) in [5, 5.41) is 2.99. The van der Waals surface area contributed by atoms with Crippen LogP contribution < -0.4 is 10.2 Å². The van der Waals surface area contributed by atoms with Gasteiger partial charge in [-0.05, 0) is 44.4 Å². The van der Waals surface area contributed by atoms with Gasteiger partial charge in [-0.3, -0.25) is 4.79 Å². The highest BCUT2D eigenvalue weighted by atomic mass is 32.2. The van der Waals surface area contributed by atoms with E-state index in [1.54, 1.807) is 10.8 Å². The molecule has 1 aromatic carbocycles. The lowest BCUT2D eigenvalue weighted by Crippen LogP contribution is -2.45. The van der Waals surface area contributed by atoms with E-state index in [9.17, 15) is 13.2 Å². The van der Waals surface area contributed by atoms with Gasteiger partial charge in [0.2, 0.25) is 5.91 Å². The number of amides is 1. The smallest absolute Gasteiger partial charge is 0.262 e. The average molecular weight is 434 g/mol. The molecule has 1 aliphatic rings. The first kappa shape index (κ1) is 22.3. The Hall–Kier alpha value is -2.39. The number of benzene rings is 1. The van der Waals surface area contributed by atoms with Gasteiger partial charge in [0, 0.05) is 51.7 Å². The van der Waals surface area contributed by atoms with E-state index < -0.39 is 10.0 Å². The number of sulfonamides is 1. The van der Waals surface area contributed by atoms with Crippen LogP contribution in [-0.2, 0) is 21.4 Å². The molecule has 0 aliphatic carbocycles. The predicted octanol–water partition coefficient (Wildman–Crippen LogP) is 2.25. The SMILES string of the molecule is CC(C)n1cnc(S(=O)(=O)N2CCC[C@H](C(=O)NCc3ccc(N(C)C)cc3)C2)c1. The minimum Gasteiger partial charge on any atom is -0.378 e.